The summed E-state index contributed by atoms with van der Waals surface area (Å²) in [6.07, 6.45) is 0. The molecule has 1 rings (SSSR count). The Morgan fingerprint density at radius 3 is 2.21 bits per heavy atom. The van der Waals surface area contributed by atoms with Crippen molar-refractivity contribution in [2.24, 2.45) is 0 Å². The Morgan fingerprint density at radius 1 is 1.00 bits per heavy atom. The normalized spacial score (nSPS) is 11.8. The van der Waals surface area contributed by atoms with Gasteiger partial charge in [-0.3, -0.25) is 0 Å². The van der Waals surface area contributed by atoms with Crippen LogP contribution < -0.4 is 5.32 Å². The molecule has 0 atom stereocenters. The Hall–Kier alpha value is -0.900. The Kier molecular flexibility index (Phi) is 7.06. The average molecular weight is 263 g/mol. The molecule has 0 heterocycles. The number of hydrogen-bond acceptors (Lipinski definition) is 3. The van der Waals surface area contributed by atoms with Gasteiger partial charge in [-0.25, -0.2) is 0 Å². The van der Waals surface area contributed by atoms with Crippen LogP contribution in [-0.4, -0.2) is 50.1 Å². The molecule has 0 fully saturated rings. The number of benzene rings is 1. The molecule has 0 unspecified atom stereocenters. The van der Waals surface area contributed by atoms with Crippen LogP contribution in [0.15, 0.2) is 24.3 Å². The Bertz CT molecular complexity index is 361. The molecule has 1 aromatic rings. The molecule has 0 radical (unpaired) electrons. The number of rotatable bonds is 8. The fraction of sp³-hybridized carbons (Fsp3) is 0.625. The molecule has 0 amide bonds. The summed E-state index contributed by atoms with van der Waals surface area (Å²) in [6.45, 7) is 8.54. The van der Waals surface area contributed by atoms with Gasteiger partial charge in [0, 0.05) is 32.2 Å². The molecular weight excluding hydrogens is 234 g/mol. The van der Waals surface area contributed by atoms with Crippen molar-refractivity contribution in [2.75, 3.05) is 34.2 Å². The minimum absolute atomic E-state index is 0.527. The topological polar surface area (TPSA) is 18.5 Å². The molecule has 19 heavy (non-hydrogen) atoms. The lowest BCUT2D eigenvalue weighted by Gasteiger charge is -2.21. The first-order valence-electron chi connectivity index (χ1n) is 7.12. The molecule has 1 N–H and O–H groups in total. The number of likely N-dealkylation sites (N-methyl/N-ethyl adjacent to an activating group) is 2. The predicted molar refractivity (Wildman–Crippen MR) is 83.3 cm³/mol. The maximum absolute atomic E-state index is 3.50. The Morgan fingerprint density at radius 2 is 1.63 bits per heavy atom. The standard InChI is InChI=1S/C16H29N3/c1-14(2)17-12-15-8-6-7-9-16(15)13-19(5)11-10-18(3)4/h6-9,14,17H,10-13H2,1-5H3. The van der Waals surface area contributed by atoms with Gasteiger partial charge in [0.15, 0.2) is 0 Å². The van der Waals surface area contributed by atoms with E-state index in [-0.39, 0.29) is 0 Å². The fourth-order valence-corrected chi connectivity index (χ4v) is 1.94. The Labute approximate surface area is 118 Å². The fourth-order valence-electron chi connectivity index (χ4n) is 1.94. The van der Waals surface area contributed by atoms with Crippen LogP contribution in [0.25, 0.3) is 0 Å². The van der Waals surface area contributed by atoms with Crippen LogP contribution in [-0.2, 0) is 13.1 Å². The zero-order valence-electron chi connectivity index (χ0n) is 13.1. The van der Waals surface area contributed by atoms with E-state index >= 15 is 0 Å². The van der Waals surface area contributed by atoms with Gasteiger partial charge in [0.1, 0.15) is 0 Å². The zero-order chi connectivity index (χ0) is 14.3. The number of hydrogen-bond donors (Lipinski definition) is 1. The van der Waals surface area contributed by atoms with E-state index in [9.17, 15) is 0 Å². The van der Waals surface area contributed by atoms with E-state index in [1.165, 1.54) is 11.1 Å². The van der Waals surface area contributed by atoms with Crippen LogP contribution in [0.5, 0.6) is 0 Å². The molecule has 0 aliphatic heterocycles. The van der Waals surface area contributed by atoms with Gasteiger partial charge in [0.2, 0.25) is 0 Å². The largest absolute Gasteiger partial charge is 0.310 e. The highest BCUT2D eigenvalue weighted by atomic mass is 15.1. The summed E-state index contributed by atoms with van der Waals surface area (Å²) in [5, 5.41) is 3.50. The van der Waals surface area contributed by atoms with Crippen LogP contribution in [0.1, 0.15) is 25.0 Å². The van der Waals surface area contributed by atoms with Crippen molar-refractivity contribution < 1.29 is 0 Å². The molecule has 0 bridgehead atoms. The monoisotopic (exact) mass is 263 g/mol. The quantitative estimate of drug-likeness (QED) is 0.775. The second-order valence-electron chi connectivity index (χ2n) is 5.85. The third-order valence-electron chi connectivity index (χ3n) is 3.19. The number of nitrogens with zero attached hydrogens (tertiary/aromatic N) is 2. The van der Waals surface area contributed by atoms with Crippen LogP contribution in [0, 0.1) is 0 Å². The molecule has 0 aromatic heterocycles. The van der Waals surface area contributed by atoms with Gasteiger partial charge in [-0.05, 0) is 32.3 Å². The molecule has 1 aromatic carbocycles. The summed E-state index contributed by atoms with van der Waals surface area (Å²) in [6, 6.07) is 9.25. The minimum atomic E-state index is 0.527. The van der Waals surface area contributed by atoms with Gasteiger partial charge in [-0.1, -0.05) is 38.1 Å². The lowest BCUT2D eigenvalue weighted by molar-refractivity contribution is 0.275. The van der Waals surface area contributed by atoms with Crippen molar-refractivity contribution in [1.29, 1.82) is 0 Å². The van der Waals surface area contributed by atoms with E-state index in [0.29, 0.717) is 6.04 Å². The highest BCUT2D eigenvalue weighted by molar-refractivity contribution is 5.27. The van der Waals surface area contributed by atoms with Gasteiger partial charge in [-0.15, -0.1) is 0 Å². The number of nitrogens with one attached hydrogen (secondary N) is 1. The summed E-state index contributed by atoms with van der Waals surface area (Å²) < 4.78 is 0. The lowest BCUT2D eigenvalue weighted by atomic mass is 10.1. The summed E-state index contributed by atoms with van der Waals surface area (Å²) in [5.74, 6) is 0. The van der Waals surface area contributed by atoms with Gasteiger partial charge in [-0.2, -0.15) is 0 Å². The van der Waals surface area contributed by atoms with E-state index < -0.39 is 0 Å². The molecule has 108 valence electrons. The van der Waals surface area contributed by atoms with Crippen molar-refractivity contribution in [3.8, 4) is 0 Å². The third kappa shape index (κ3) is 6.71. The molecule has 0 aliphatic rings. The van der Waals surface area contributed by atoms with E-state index in [0.717, 1.165) is 26.2 Å². The average Bonchev–Trinajstić information content (AvgIpc) is 2.35. The predicted octanol–water partition coefficient (Wildman–Crippen LogP) is 2.18. The van der Waals surface area contributed by atoms with Gasteiger partial charge in [0.05, 0.1) is 0 Å². The SMILES string of the molecule is CC(C)NCc1ccccc1CN(C)CCN(C)C. The molecule has 0 spiro atoms. The van der Waals surface area contributed by atoms with Crippen molar-refractivity contribution in [3.63, 3.8) is 0 Å². The molecule has 3 heteroatoms. The summed E-state index contributed by atoms with van der Waals surface area (Å²) in [7, 11) is 6.43. The van der Waals surface area contributed by atoms with Crippen LogP contribution in [0.4, 0.5) is 0 Å². The van der Waals surface area contributed by atoms with Crippen molar-refractivity contribution >= 4 is 0 Å². The van der Waals surface area contributed by atoms with E-state index in [4.69, 9.17) is 0 Å². The maximum atomic E-state index is 3.50. The molecule has 0 aliphatic carbocycles. The first kappa shape index (κ1) is 16.2. The van der Waals surface area contributed by atoms with Gasteiger partial charge < -0.3 is 15.1 Å². The highest BCUT2D eigenvalue weighted by Crippen LogP contribution is 2.11. The van der Waals surface area contributed by atoms with Crippen LogP contribution in [0.2, 0.25) is 0 Å². The molecule has 0 saturated heterocycles. The minimum Gasteiger partial charge on any atom is -0.310 e. The maximum Gasteiger partial charge on any atom is 0.0234 e. The smallest absolute Gasteiger partial charge is 0.0234 e. The first-order valence-corrected chi connectivity index (χ1v) is 7.12. The van der Waals surface area contributed by atoms with E-state index in [1.54, 1.807) is 0 Å². The second-order valence-corrected chi connectivity index (χ2v) is 5.85. The molecular formula is C16H29N3. The van der Waals surface area contributed by atoms with Gasteiger partial charge in [0.25, 0.3) is 0 Å². The van der Waals surface area contributed by atoms with Crippen LogP contribution >= 0.6 is 0 Å². The summed E-state index contributed by atoms with van der Waals surface area (Å²) in [4.78, 5) is 4.61. The van der Waals surface area contributed by atoms with Crippen LogP contribution in [0.3, 0.4) is 0 Å². The van der Waals surface area contributed by atoms with E-state index in [1.807, 2.05) is 0 Å². The first-order chi connectivity index (χ1) is 8.99. The zero-order valence-corrected chi connectivity index (χ0v) is 13.1. The molecule has 0 saturated carbocycles. The third-order valence-corrected chi connectivity index (χ3v) is 3.19. The van der Waals surface area contributed by atoms with Crippen molar-refractivity contribution in [2.45, 2.75) is 33.0 Å². The second kappa shape index (κ2) is 8.31. The molecule has 3 nitrogen and oxygen atoms in total. The summed E-state index contributed by atoms with van der Waals surface area (Å²) >= 11 is 0. The van der Waals surface area contributed by atoms with Crippen molar-refractivity contribution in [3.05, 3.63) is 35.4 Å². The van der Waals surface area contributed by atoms with Gasteiger partial charge >= 0.3 is 0 Å². The summed E-state index contributed by atoms with van der Waals surface area (Å²) in [5.41, 5.74) is 2.84. The van der Waals surface area contributed by atoms with Crippen molar-refractivity contribution in [1.82, 2.24) is 15.1 Å². The Balaban J connectivity index is 2.56. The van der Waals surface area contributed by atoms with E-state index in [2.05, 4.69) is 74.4 Å². The lowest BCUT2D eigenvalue weighted by Crippen LogP contribution is -2.29. The highest BCUT2D eigenvalue weighted by Gasteiger charge is 2.06.